The smallest absolute Gasteiger partial charge is 0.253 e. The molecule has 5 nitrogen and oxygen atoms in total. The van der Waals surface area contributed by atoms with Crippen LogP contribution >= 0.6 is 11.6 Å². The van der Waals surface area contributed by atoms with Crippen molar-refractivity contribution in [2.75, 3.05) is 31.5 Å². The summed E-state index contributed by atoms with van der Waals surface area (Å²) in [5.74, 6) is 0.0821. The van der Waals surface area contributed by atoms with E-state index in [-0.39, 0.29) is 17.9 Å². The molecule has 6 heteroatoms. The van der Waals surface area contributed by atoms with Crippen LogP contribution in [0.4, 0.5) is 5.69 Å². The number of carbonyl (C=O) groups is 2. The zero-order valence-corrected chi connectivity index (χ0v) is 16.5. The second kappa shape index (κ2) is 8.33. The number of anilines is 1. The van der Waals surface area contributed by atoms with Crippen LogP contribution in [-0.2, 0) is 11.2 Å². The van der Waals surface area contributed by atoms with E-state index in [0.717, 1.165) is 31.5 Å². The van der Waals surface area contributed by atoms with E-state index in [2.05, 4.69) is 16.3 Å². The number of nitrogens with one attached hydrogen (secondary N) is 1. The molecule has 2 aromatic carbocycles. The molecule has 2 aliphatic heterocycles. The Kier molecular flexibility index (Phi) is 5.64. The van der Waals surface area contributed by atoms with Crippen molar-refractivity contribution in [1.29, 1.82) is 0 Å². The van der Waals surface area contributed by atoms with Gasteiger partial charge in [-0.05, 0) is 55.2 Å². The fraction of sp³-hybridized carbons (Fsp3) is 0.364. The molecule has 1 fully saturated rings. The number of rotatable bonds is 2. The summed E-state index contributed by atoms with van der Waals surface area (Å²) >= 11 is 5.92. The van der Waals surface area contributed by atoms with E-state index in [0.29, 0.717) is 30.2 Å². The van der Waals surface area contributed by atoms with Crippen LogP contribution in [-0.4, -0.2) is 53.8 Å². The molecule has 146 valence electrons. The second-order valence-corrected chi connectivity index (χ2v) is 7.83. The first-order valence-corrected chi connectivity index (χ1v) is 10.2. The average Bonchev–Trinajstić information content (AvgIpc) is 3.04. The minimum absolute atomic E-state index is 0.0243. The highest BCUT2D eigenvalue weighted by molar-refractivity contribution is 6.30. The fourth-order valence-corrected chi connectivity index (χ4v) is 4.20. The van der Waals surface area contributed by atoms with Crippen LogP contribution in [0.15, 0.2) is 48.5 Å². The summed E-state index contributed by atoms with van der Waals surface area (Å²) in [4.78, 5) is 29.7. The number of nitrogens with zero attached hydrogens (tertiary/aromatic N) is 2. The van der Waals surface area contributed by atoms with Crippen molar-refractivity contribution in [1.82, 2.24) is 9.80 Å². The van der Waals surface area contributed by atoms with Gasteiger partial charge in [0.2, 0.25) is 5.91 Å². The van der Waals surface area contributed by atoms with Crippen molar-refractivity contribution >= 4 is 29.1 Å². The lowest BCUT2D eigenvalue weighted by molar-refractivity contribution is -0.121. The zero-order chi connectivity index (χ0) is 19.5. The molecule has 2 amide bonds. The van der Waals surface area contributed by atoms with E-state index in [4.69, 9.17) is 11.6 Å². The Morgan fingerprint density at radius 2 is 1.79 bits per heavy atom. The first-order chi connectivity index (χ1) is 13.6. The normalized spacial score (nSPS) is 20.7. The third-order valence-corrected chi connectivity index (χ3v) is 5.87. The predicted octanol–water partition coefficient (Wildman–Crippen LogP) is 3.44. The maximum atomic E-state index is 12.8. The molecule has 1 saturated heterocycles. The van der Waals surface area contributed by atoms with Gasteiger partial charge in [0, 0.05) is 42.5 Å². The Morgan fingerprint density at radius 1 is 1.00 bits per heavy atom. The first-order valence-electron chi connectivity index (χ1n) is 9.79. The van der Waals surface area contributed by atoms with Gasteiger partial charge < -0.3 is 10.2 Å². The third kappa shape index (κ3) is 4.05. The quantitative estimate of drug-likeness (QED) is 0.844. The molecule has 2 aliphatic rings. The highest BCUT2D eigenvalue weighted by Crippen LogP contribution is 2.24. The van der Waals surface area contributed by atoms with Crippen molar-refractivity contribution in [3.8, 4) is 0 Å². The third-order valence-electron chi connectivity index (χ3n) is 5.61. The van der Waals surface area contributed by atoms with Crippen molar-refractivity contribution in [2.24, 2.45) is 0 Å². The molecule has 4 rings (SSSR count). The van der Waals surface area contributed by atoms with E-state index in [1.165, 1.54) is 5.56 Å². The highest BCUT2D eigenvalue weighted by Gasteiger charge is 2.31. The van der Waals surface area contributed by atoms with Crippen LogP contribution in [0, 0.1) is 0 Å². The largest absolute Gasteiger partial charge is 0.337 e. The topological polar surface area (TPSA) is 52.7 Å². The lowest BCUT2D eigenvalue weighted by Crippen LogP contribution is -2.45. The molecule has 0 bridgehead atoms. The predicted molar refractivity (Wildman–Crippen MR) is 111 cm³/mol. The standard InChI is InChI=1S/C22H24ClN3O2/c23-18-9-6-17(7-10-18)22(28)26-13-3-12-25(14-15-26)20-11-8-16-4-1-2-5-19(16)24-21(20)27/h1-2,4-7,9-10,20H,3,8,11-15H2,(H,24,27). The molecule has 0 aliphatic carbocycles. The lowest BCUT2D eigenvalue weighted by Gasteiger charge is -2.28. The van der Waals surface area contributed by atoms with Gasteiger partial charge in [-0.2, -0.15) is 0 Å². The van der Waals surface area contributed by atoms with Crippen LogP contribution < -0.4 is 5.32 Å². The molecule has 0 radical (unpaired) electrons. The number of aryl methyl sites for hydroxylation is 1. The van der Waals surface area contributed by atoms with Gasteiger partial charge in [-0.3, -0.25) is 14.5 Å². The Morgan fingerprint density at radius 3 is 2.61 bits per heavy atom. The molecule has 1 N–H and O–H groups in total. The molecule has 2 heterocycles. The maximum absolute atomic E-state index is 12.8. The molecule has 0 saturated carbocycles. The van der Waals surface area contributed by atoms with Gasteiger partial charge in [0.25, 0.3) is 5.91 Å². The summed E-state index contributed by atoms with van der Waals surface area (Å²) in [6.45, 7) is 2.84. The summed E-state index contributed by atoms with van der Waals surface area (Å²) in [5.41, 5.74) is 2.76. The number of para-hydroxylation sites is 1. The van der Waals surface area contributed by atoms with Crippen LogP contribution in [0.1, 0.15) is 28.8 Å². The molecular weight excluding hydrogens is 374 g/mol. The van der Waals surface area contributed by atoms with E-state index in [1.54, 1.807) is 24.3 Å². The Labute approximate surface area is 170 Å². The van der Waals surface area contributed by atoms with Gasteiger partial charge in [-0.25, -0.2) is 0 Å². The maximum Gasteiger partial charge on any atom is 0.253 e. The second-order valence-electron chi connectivity index (χ2n) is 7.39. The average molecular weight is 398 g/mol. The molecule has 1 unspecified atom stereocenters. The minimum atomic E-state index is -0.155. The molecule has 0 aromatic heterocycles. The molecule has 28 heavy (non-hydrogen) atoms. The van der Waals surface area contributed by atoms with Crippen LogP contribution in [0.2, 0.25) is 5.02 Å². The van der Waals surface area contributed by atoms with Crippen molar-refractivity contribution in [3.05, 3.63) is 64.7 Å². The fourth-order valence-electron chi connectivity index (χ4n) is 4.08. The zero-order valence-electron chi connectivity index (χ0n) is 15.7. The highest BCUT2D eigenvalue weighted by atomic mass is 35.5. The van der Waals surface area contributed by atoms with Crippen LogP contribution in [0.25, 0.3) is 0 Å². The molecular formula is C22H24ClN3O2. The lowest BCUT2D eigenvalue weighted by atomic mass is 10.0. The van der Waals surface area contributed by atoms with Gasteiger partial charge in [-0.1, -0.05) is 29.8 Å². The van der Waals surface area contributed by atoms with Crippen molar-refractivity contribution in [2.45, 2.75) is 25.3 Å². The monoisotopic (exact) mass is 397 g/mol. The summed E-state index contributed by atoms with van der Waals surface area (Å²) in [5, 5.41) is 3.71. The number of hydrogen-bond donors (Lipinski definition) is 1. The summed E-state index contributed by atoms with van der Waals surface area (Å²) in [6.07, 6.45) is 2.54. The van der Waals surface area contributed by atoms with Crippen LogP contribution in [0.3, 0.4) is 0 Å². The number of benzene rings is 2. The van der Waals surface area contributed by atoms with Gasteiger partial charge in [-0.15, -0.1) is 0 Å². The summed E-state index contributed by atoms with van der Waals surface area (Å²) < 4.78 is 0. The number of halogens is 1. The van der Waals surface area contributed by atoms with E-state index >= 15 is 0 Å². The number of amides is 2. The van der Waals surface area contributed by atoms with Gasteiger partial charge >= 0.3 is 0 Å². The van der Waals surface area contributed by atoms with Crippen molar-refractivity contribution in [3.63, 3.8) is 0 Å². The van der Waals surface area contributed by atoms with Gasteiger partial charge in [0.1, 0.15) is 0 Å². The Balaban J connectivity index is 1.42. The molecule has 1 atom stereocenters. The summed E-state index contributed by atoms with van der Waals surface area (Å²) in [7, 11) is 0. The Bertz CT molecular complexity index is 868. The number of hydrogen-bond acceptors (Lipinski definition) is 3. The minimum Gasteiger partial charge on any atom is -0.337 e. The summed E-state index contributed by atoms with van der Waals surface area (Å²) in [6, 6.07) is 14.9. The Hall–Kier alpha value is -2.37. The van der Waals surface area contributed by atoms with E-state index < -0.39 is 0 Å². The van der Waals surface area contributed by atoms with Gasteiger partial charge in [0.15, 0.2) is 0 Å². The molecule has 0 spiro atoms. The van der Waals surface area contributed by atoms with E-state index in [1.807, 2.05) is 23.1 Å². The number of fused-ring (bicyclic) bond motifs is 1. The van der Waals surface area contributed by atoms with E-state index in [9.17, 15) is 9.59 Å². The first kappa shape index (κ1) is 19.0. The SMILES string of the molecule is O=C1Nc2ccccc2CCC1N1CCCN(C(=O)c2ccc(Cl)cc2)CC1. The number of carbonyl (C=O) groups excluding carboxylic acids is 2. The molecule has 2 aromatic rings. The van der Waals surface area contributed by atoms with Gasteiger partial charge in [0.05, 0.1) is 6.04 Å². The van der Waals surface area contributed by atoms with Crippen molar-refractivity contribution < 1.29 is 9.59 Å². The van der Waals surface area contributed by atoms with Crippen LogP contribution in [0.5, 0.6) is 0 Å².